The fourth-order valence-corrected chi connectivity index (χ4v) is 4.79. The van der Waals surface area contributed by atoms with Gasteiger partial charge < -0.3 is 10.2 Å². The molecule has 30 heavy (non-hydrogen) atoms. The fraction of sp³-hybridized carbons (Fsp3) is 0.364. The summed E-state index contributed by atoms with van der Waals surface area (Å²) in [6.45, 7) is 5.45. The maximum Gasteiger partial charge on any atom is 0.243 e. The Morgan fingerprint density at radius 3 is 2.23 bits per heavy atom. The number of benzene rings is 2. The Bertz CT molecular complexity index is 1000. The van der Waals surface area contributed by atoms with Crippen LogP contribution in [0.1, 0.15) is 24.5 Å². The molecule has 0 saturated carbocycles. The minimum absolute atomic E-state index is 0.148. The highest BCUT2D eigenvalue weighted by molar-refractivity contribution is 7.89. The average molecular weight is 427 g/mol. The molecule has 2 aromatic carbocycles. The van der Waals surface area contributed by atoms with Gasteiger partial charge in [0.2, 0.25) is 15.9 Å². The Labute approximate surface area is 178 Å². The molecule has 2 aromatic rings. The summed E-state index contributed by atoms with van der Waals surface area (Å²) in [7, 11) is -3.52. The number of hydrogen-bond acceptors (Lipinski definition) is 5. The molecule has 3 rings (SSSR count). The van der Waals surface area contributed by atoms with E-state index in [2.05, 4.69) is 23.2 Å². The lowest BCUT2D eigenvalue weighted by Gasteiger charge is -2.33. The number of rotatable bonds is 7. The van der Waals surface area contributed by atoms with E-state index in [1.165, 1.54) is 16.4 Å². The predicted molar refractivity (Wildman–Crippen MR) is 115 cm³/mol. The van der Waals surface area contributed by atoms with Crippen LogP contribution in [-0.4, -0.2) is 56.3 Å². The summed E-state index contributed by atoms with van der Waals surface area (Å²) in [4.78, 5) is 14.7. The summed E-state index contributed by atoms with van der Waals surface area (Å²) in [6.07, 6.45) is 0.862. The fourth-order valence-electron chi connectivity index (χ4n) is 3.37. The lowest BCUT2D eigenvalue weighted by molar-refractivity contribution is -0.116. The molecule has 1 heterocycles. The summed E-state index contributed by atoms with van der Waals surface area (Å²) in [5.74, 6) is -0.148. The number of nitrogens with one attached hydrogen (secondary N) is 1. The monoisotopic (exact) mass is 426 g/mol. The summed E-state index contributed by atoms with van der Waals surface area (Å²) in [5, 5.41) is 11.6. The van der Waals surface area contributed by atoms with E-state index >= 15 is 0 Å². The number of nitriles is 1. The van der Waals surface area contributed by atoms with Crippen molar-refractivity contribution in [1.29, 1.82) is 5.26 Å². The number of aryl methyl sites for hydroxylation is 1. The van der Waals surface area contributed by atoms with Gasteiger partial charge in [-0.1, -0.05) is 19.1 Å². The number of nitrogens with zero attached hydrogens (tertiary/aromatic N) is 3. The van der Waals surface area contributed by atoms with Crippen molar-refractivity contribution in [2.24, 2.45) is 0 Å². The zero-order valence-electron chi connectivity index (χ0n) is 17.0. The molecule has 0 atom stereocenters. The minimum Gasteiger partial charge on any atom is -0.326 e. The van der Waals surface area contributed by atoms with Crippen molar-refractivity contribution in [3.8, 4) is 6.07 Å². The van der Waals surface area contributed by atoms with Crippen molar-refractivity contribution >= 4 is 21.6 Å². The van der Waals surface area contributed by atoms with E-state index < -0.39 is 10.0 Å². The number of anilines is 1. The third-order valence-electron chi connectivity index (χ3n) is 5.28. The van der Waals surface area contributed by atoms with Crippen molar-refractivity contribution in [1.82, 2.24) is 9.21 Å². The zero-order valence-corrected chi connectivity index (χ0v) is 17.9. The van der Waals surface area contributed by atoms with Crippen LogP contribution in [0.4, 0.5) is 5.69 Å². The van der Waals surface area contributed by atoms with E-state index in [1.54, 1.807) is 24.3 Å². The second kappa shape index (κ2) is 9.85. The third-order valence-corrected chi connectivity index (χ3v) is 7.19. The molecule has 1 saturated heterocycles. The highest BCUT2D eigenvalue weighted by Gasteiger charge is 2.27. The molecule has 1 aliphatic rings. The van der Waals surface area contributed by atoms with Gasteiger partial charge >= 0.3 is 0 Å². The van der Waals surface area contributed by atoms with Crippen LogP contribution in [-0.2, 0) is 21.2 Å². The van der Waals surface area contributed by atoms with Crippen molar-refractivity contribution in [3.63, 3.8) is 0 Å². The SMILES string of the molecule is CCN1CCN(S(=O)(=O)c2ccc(NC(=O)CCc3ccc(C#N)cc3)cc2)CC1. The number of piperazine rings is 1. The summed E-state index contributed by atoms with van der Waals surface area (Å²) >= 11 is 0. The summed E-state index contributed by atoms with van der Waals surface area (Å²) in [6, 6.07) is 15.5. The second-order valence-corrected chi connectivity index (χ2v) is 9.16. The van der Waals surface area contributed by atoms with Gasteiger partial charge in [0.1, 0.15) is 0 Å². The highest BCUT2D eigenvalue weighted by Crippen LogP contribution is 2.20. The molecule has 0 unspecified atom stereocenters. The maximum atomic E-state index is 12.8. The van der Waals surface area contributed by atoms with Crippen LogP contribution in [0.3, 0.4) is 0 Å². The number of carbonyl (C=O) groups is 1. The standard InChI is InChI=1S/C22H26N4O3S/c1-2-25-13-15-26(16-14-25)30(28,29)21-10-8-20(9-11-21)24-22(27)12-7-18-3-5-19(17-23)6-4-18/h3-6,8-11H,2,7,12-16H2,1H3,(H,24,27). The summed E-state index contributed by atoms with van der Waals surface area (Å²) in [5.41, 5.74) is 2.13. The van der Waals surface area contributed by atoms with E-state index in [0.29, 0.717) is 37.2 Å². The Hall–Kier alpha value is -2.73. The molecule has 1 aliphatic heterocycles. The first-order chi connectivity index (χ1) is 14.4. The molecule has 0 bridgehead atoms. The molecule has 0 spiro atoms. The van der Waals surface area contributed by atoms with Crippen LogP contribution in [0.25, 0.3) is 0 Å². The van der Waals surface area contributed by atoms with Crippen LogP contribution in [0.2, 0.25) is 0 Å². The molecule has 8 heteroatoms. The number of amides is 1. The molecule has 0 aliphatic carbocycles. The van der Waals surface area contributed by atoms with Crippen LogP contribution in [0, 0.1) is 11.3 Å². The molecule has 1 N–H and O–H groups in total. The van der Waals surface area contributed by atoms with Gasteiger partial charge in [-0.2, -0.15) is 9.57 Å². The van der Waals surface area contributed by atoms with Crippen LogP contribution >= 0.6 is 0 Å². The number of hydrogen-bond donors (Lipinski definition) is 1. The van der Waals surface area contributed by atoms with Gasteiger partial charge in [-0.3, -0.25) is 4.79 Å². The Morgan fingerprint density at radius 2 is 1.67 bits per heavy atom. The van der Waals surface area contributed by atoms with E-state index in [9.17, 15) is 13.2 Å². The van der Waals surface area contributed by atoms with Crippen molar-refractivity contribution in [3.05, 3.63) is 59.7 Å². The Balaban J connectivity index is 1.54. The normalized spacial score (nSPS) is 15.5. The number of likely N-dealkylation sites (N-methyl/N-ethyl adjacent to an activating group) is 1. The Kier molecular flexibility index (Phi) is 7.21. The molecule has 0 radical (unpaired) electrons. The molecule has 7 nitrogen and oxygen atoms in total. The second-order valence-electron chi connectivity index (χ2n) is 7.22. The van der Waals surface area contributed by atoms with E-state index in [0.717, 1.165) is 25.2 Å². The largest absolute Gasteiger partial charge is 0.326 e. The highest BCUT2D eigenvalue weighted by atomic mass is 32.2. The van der Waals surface area contributed by atoms with Crippen LogP contribution in [0.15, 0.2) is 53.4 Å². The molecule has 158 valence electrons. The van der Waals surface area contributed by atoms with E-state index in [1.807, 2.05) is 12.1 Å². The smallest absolute Gasteiger partial charge is 0.243 e. The molecular weight excluding hydrogens is 400 g/mol. The zero-order chi connectivity index (χ0) is 21.6. The predicted octanol–water partition coefficient (Wildman–Crippen LogP) is 2.46. The summed E-state index contributed by atoms with van der Waals surface area (Å²) < 4.78 is 27.2. The average Bonchev–Trinajstić information content (AvgIpc) is 2.78. The van der Waals surface area contributed by atoms with Crippen molar-refractivity contribution in [2.45, 2.75) is 24.7 Å². The van der Waals surface area contributed by atoms with Crippen LogP contribution in [0.5, 0.6) is 0 Å². The number of sulfonamides is 1. The maximum absolute atomic E-state index is 12.8. The first kappa shape index (κ1) is 22.0. The van der Waals surface area contributed by atoms with Gasteiger partial charge in [-0.05, 0) is 54.9 Å². The lowest BCUT2D eigenvalue weighted by atomic mass is 10.1. The van der Waals surface area contributed by atoms with Gasteiger partial charge in [-0.15, -0.1) is 0 Å². The molecule has 1 fully saturated rings. The van der Waals surface area contributed by atoms with Gasteiger partial charge in [0.05, 0.1) is 16.5 Å². The topological polar surface area (TPSA) is 93.5 Å². The van der Waals surface area contributed by atoms with Crippen molar-refractivity contribution < 1.29 is 13.2 Å². The Morgan fingerprint density at radius 1 is 1.03 bits per heavy atom. The quantitative estimate of drug-likeness (QED) is 0.734. The van der Waals surface area contributed by atoms with Gasteiger partial charge in [0, 0.05) is 38.3 Å². The van der Waals surface area contributed by atoms with Crippen molar-refractivity contribution in [2.75, 3.05) is 38.0 Å². The molecular formula is C22H26N4O3S. The first-order valence-corrected chi connectivity index (χ1v) is 11.5. The number of carbonyl (C=O) groups excluding carboxylic acids is 1. The first-order valence-electron chi connectivity index (χ1n) is 10.0. The van der Waals surface area contributed by atoms with E-state index in [4.69, 9.17) is 5.26 Å². The van der Waals surface area contributed by atoms with Gasteiger partial charge in [0.25, 0.3) is 0 Å². The van der Waals surface area contributed by atoms with Crippen LogP contribution < -0.4 is 5.32 Å². The minimum atomic E-state index is -3.52. The molecule has 0 aromatic heterocycles. The van der Waals surface area contributed by atoms with Gasteiger partial charge in [0.15, 0.2) is 0 Å². The van der Waals surface area contributed by atoms with Gasteiger partial charge in [-0.25, -0.2) is 8.42 Å². The third kappa shape index (κ3) is 5.45. The lowest BCUT2D eigenvalue weighted by Crippen LogP contribution is -2.48. The van der Waals surface area contributed by atoms with E-state index in [-0.39, 0.29) is 10.8 Å². The molecule has 1 amide bonds.